The molecule has 3 rings (SSSR count). The molecular formula is C18H17N3O2S. The molecule has 0 atom stereocenters. The predicted octanol–water partition coefficient (Wildman–Crippen LogP) is 3.67. The zero-order valence-electron chi connectivity index (χ0n) is 13.6. The highest BCUT2D eigenvalue weighted by molar-refractivity contribution is 7.71. The molecule has 2 heterocycles. The van der Waals surface area contributed by atoms with E-state index in [0.29, 0.717) is 5.69 Å². The summed E-state index contributed by atoms with van der Waals surface area (Å²) >= 11 is 5.22. The monoisotopic (exact) mass is 339 g/mol. The Kier molecular flexibility index (Phi) is 4.07. The summed E-state index contributed by atoms with van der Waals surface area (Å²) in [5.41, 5.74) is 3.95. The molecule has 0 saturated heterocycles. The van der Waals surface area contributed by atoms with Crippen LogP contribution in [0.1, 0.15) is 25.0 Å². The molecule has 2 N–H and O–H groups in total. The average Bonchev–Trinajstić information content (AvgIpc) is 2.83. The summed E-state index contributed by atoms with van der Waals surface area (Å²) < 4.78 is 1.59. The number of aromatic nitrogens is 2. The van der Waals surface area contributed by atoms with Crippen LogP contribution >= 0.6 is 12.2 Å². The van der Waals surface area contributed by atoms with Gasteiger partial charge in [0.25, 0.3) is 5.56 Å². The fourth-order valence-corrected chi connectivity index (χ4v) is 2.88. The molecule has 0 saturated carbocycles. The Bertz CT molecular complexity index is 1020. The van der Waals surface area contributed by atoms with Gasteiger partial charge in [-0.15, -0.1) is 0 Å². The lowest BCUT2D eigenvalue weighted by Gasteiger charge is -2.12. The van der Waals surface area contributed by atoms with Crippen molar-refractivity contribution in [3.63, 3.8) is 0 Å². The smallest absolute Gasteiger partial charge is 0.262 e. The van der Waals surface area contributed by atoms with Crippen LogP contribution in [0.2, 0.25) is 0 Å². The number of benzene rings is 1. The van der Waals surface area contributed by atoms with Crippen molar-refractivity contribution in [3.05, 3.63) is 67.9 Å². The minimum Gasteiger partial charge on any atom is -0.494 e. The first-order chi connectivity index (χ1) is 11.4. The molecule has 0 unspecified atom stereocenters. The summed E-state index contributed by atoms with van der Waals surface area (Å²) in [5, 5.41) is 10.7. The molecule has 0 bridgehead atoms. The van der Waals surface area contributed by atoms with Gasteiger partial charge in [0.05, 0.1) is 5.69 Å². The number of aromatic amines is 1. The third-order valence-electron chi connectivity index (χ3n) is 3.84. The third-order valence-corrected chi connectivity index (χ3v) is 4.12. The summed E-state index contributed by atoms with van der Waals surface area (Å²) in [7, 11) is 0. The van der Waals surface area contributed by atoms with E-state index in [1.54, 1.807) is 6.08 Å². The predicted molar refractivity (Wildman–Crippen MR) is 98.5 cm³/mol. The second-order valence-electron chi connectivity index (χ2n) is 5.75. The van der Waals surface area contributed by atoms with Gasteiger partial charge in [0.2, 0.25) is 5.88 Å². The molecule has 0 fully saturated rings. The van der Waals surface area contributed by atoms with E-state index in [1.165, 1.54) is 4.57 Å². The van der Waals surface area contributed by atoms with Crippen LogP contribution in [-0.4, -0.2) is 20.4 Å². The fraction of sp³-hybridized carbons (Fsp3) is 0.167. The van der Waals surface area contributed by atoms with Gasteiger partial charge in [-0.25, -0.2) is 0 Å². The molecule has 6 heteroatoms. The first kappa shape index (κ1) is 16.1. The van der Waals surface area contributed by atoms with Crippen molar-refractivity contribution < 1.29 is 5.11 Å². The van der Waals surface area contributed by atoms with Crippen LogP contribution in [0.25, 0.3) is 11.8 Å². The number of aryl methyl sites for hydroxylation is 1. The summed E-state index contributed by atoms with van der Waals surface area (Å²) in [6.45, 7) is 5.72. The van der Waals surface area contributed by atoms with Crippen molar-refractivity contribution in [1.82, 2.24) is 9.55 Å². The number of H-pyrrole nitrogens is 1. The van der Waals surface area contributed by atoms with Gasteiger partial charge < -0.3 is 5.11 Å². The lowest BCUT2D eigenvalue weighted by atomic mass is 10.1. The Morgan fingerprint density at radius 2 is 1.88 bits per heavy atom. The molecule has 1 aromatic heterocycles. The molecule has 122 valence electrons. The highest BCUT2D eigenvalue weighted by atomic mass is 32.1. The number of hydrogen-bond acceptors (Lipinski definition) is 4. The maximum absolute atomic E-state index is 12.3. The van der Waals surface area contributed by atoms with Crippen molar-refractivity contribution in [1.29, 1.82) is 0 Å². The van der Waals surface area contributed by atoms with Crippen molar-refractivity contribution in [2.24, 2.45) is 4.99 Å². The number of aliphatic imine (C=N–C) groups is 1. The maximum Gasteiger partial charge on any atom is 0.262 e. The van der Waals surface area contributed by atoms with Gasteiger partial charge in [0.1, 0.15) is 5.56 Å². The van der Waals surface area contributed by atoms with Crippen LogP contribution in [0, 0.1) is 11.7 Å². The van der Waals surface area contributed by atoms with E-state index < -0.39 is 5.56 Å². The molecule has 0 amide bonds. The Balaban J connectivity index is 2.23. The maximum atomic E-state index is 12.3. The topological polar surface area (TPSA) is 70.4 Å². The average molecular weight is 339 g/mol. The lowest BCUT2D eigenvalue weighted by Crippen LogP contribution is -2.16. The van der Waals surface area contributed by atoms with E-state index in [2.05, 4.69) is 9.98 Å². The van der Waals surface area contributed by atoms with Crippen LogP contribution in [0.4, 0.5) is 0 Å². The van der Waals surface area contributed by atoms with Crippen molar-refractivity contribution in [2.75, 3.05) is 0 Å². The van der Waals surface area contributed by atoms with E-state index >= 15 is 0 Å². The van der Waals surface area contributed by atoms with E-state index in [9.17, 15) is 9.90 Å². The number of hydrogen-bond donors (Lipinski definition) is 2. The summed E-state index contributed by atoms with van der Waals surface area (Å²) in [6, 6.07) is 7.51. The van der Waals surface area contributed by atoms with Crippen LogP contribution in [0.5, 0.6) is 5.88 Å². The van der Waals surface area contributed by atoms with Crippen molar-refractivity contribution in [3.8, 4) is 11.6 Å². The highest BCUT2D eigenvalue weighted by Gasteiger charge is 2.15. The van der Waals surface area contributed by atoms with E-state index in [-0.39, 0.29) is 16.2 Å². The number of allylic oxidation sites excluding steroid dienone is 3. The number of nitrogens with one attached hydrogen (secondary N) is 1. The fourth-order valence-electron chi connectivity index (χ4n) is 2.59. The Morgan fingerprint density at radius 1 is 1.21 bits per heavy atom. The molecule has 1 aliphatic rings. The van der Waals surface area contributed by atoms with Gasteiger partial charge in [0, 0.05) is 11.4 Å². The molecule has 2 aromatic rings. The first-order valence-electron chi connectivity index (χ1n) is 7.48. The molecular weight excluding hydrogens is 322 g/mol. The molecule has 24 heavy (non-hydrogen) atoms. The minimum absolute atomic E-state index is 0.145. The molecule has 5 nitrogen and oxygen atoms in total. The number of rotatable bonds is 2. The van der Waals surface area contributed by atoms with Gasteiger partial charge in [0.15, 0.2) is 4.77 Å². The largest absolute Gasteiger partial charge is 0.494 e. The van der Waals surface area contributed by atoms with Crippen molar-refractivity contribution in [2.45, 2.75) is 20.8 Å². The molecule has 1 aromatic carbocycles. The van der Waals surface area contributed by atoms with Gasteiger partial charge in [-0.05, 0) is 62.8 Å². The Morgan fingerprint density at radius 3 is 2.46 bits per heavy atom. The standard InChI is InChI=1S/C18H17N3O2S/c1-10-4-6-14(7-5-10)21-17(23)15(16(22)20-18(21)24)9-13-8-11(2)19-12(13)3/h4-9,23H,1-3H3,(H,20,22,24). The first-order valence-corrected chi connectivity index (χ1v) is 7.88. The van der Waals surface area contributed by atoms with Gasteiger partial charge in [-0.2, -0.15) is 0 Å². The minimum atomic E-state index is -0.431. The third kappa shape index (κ3) is 2.88. The lowest BCUT2D eigenvalue weighted by molar-refractivity contribution is 0.432. The SMILES string of the molecule is CC1=CC(=Cc2c(O)n(-c3ccc(C)cc3)c(=S)[nH]c2=O)C(C)=N1. The van der Waals surface area contributed by atoms with E-state index in [4.69, 9.17) is 12.2 Å². The van der Waals surface area contributed by atoms with Crippen LogP contribution in [0.15, 0.2) is 51.4 Å². The van der Waals surface area contributed by atoms with Crippen LogP contribution < -0.4 is 5.56 Å². The van der Waals surface area contributed by atoms with E-state index in [1.807, 2.05) is 51.1 Å². The van der Waals surface area contributed by atoms with Gasteiger partial charge in [-0.1, -0.05) is 17.7 Å². The summed E-state index contributed by atoms with van der Waals surface area (Å²) in [5.74, 6) is -0.189. The molecule has 1 aliphatic heterocycles. The van der Waals surface area contributed by atoms with Crippen molar-refractivity contribution >= 4 is 24.0 Å². The quantitative estimate of drug-likeness (QED) is 0.820. The van der Waals surface area contributed by atoms with Gasteiger partial charge >= 0.3 is 0 Å². The van der Waals surface area contributed by atoms with Crippen LogP contribution in [0.3, 0.4) is 0 Å². The van der Waals surface area contributed by atoms with E-state index in [0.717, 1.165) is 22.5 Å². The zero-order chi connectivity index (χ0) is 17.4. The summed E-state index contributed by atoms with van der Waals surface area (Å²) in [6.07, 6.45) is 3.50. The Labute approximate surface area is 144 Å². The van der Waals surface area contributed by atoms with Crippen LogP contribution in [-0.2, 0) is 0 Å². The zero-order valence-corrected chi connectivity index (χ0v) is 14.4. The second-order valence-corrected chi connectivity index (χ2v) is 6.14. The molecule has 0 radical (unpaired) electrons. The summed E-state index contributed by atoms with van der Waals surface area (Å²) in [4.78, 5) is 19.2. The molecule has 0 aliphatic carbocycles. The van der Waals surface area contributed by atoms with Gasteiger partial charge in [-0.3, -0.25) is 19.3 Å². The molecule has 0 spiro atoms. The number of nitrogens with zero attached hydrogens (tertiary/aromatic N) is 2. The second kappa shape index (κ2) is 6.05. The Hall–Kier alpha value is -2.73. The normalized spacial score (nSPS) is 15.5. The highest BCUT2D eigenvalue weighted by Crippen LogP contribution is 2.24. The number of aromatic hydroxyl groups is 1.